The van der Waals surface area contributed by atoms with Gasteiger partial charge in [-0.2, -0.15) is 0 Å². The van der Waals surface area contributed by atoms with Crippen LogP contribution in [-0.2, 0) is 4.79 Å². The number of unbranched alkanes of at least 4 members (excludes halogenated alkanes) is 2. The number of nitrogens with one attached hydrogen (secondary N) is 1. The molecule has 1 rings (SSSR count). The Morgan fingerprint density at radius 2 is 2.21 bits per heavy atom. The highest BCUT2D eigenvalue weighted by Gasteiger charge is 2.07. The number of hydrogen-bond donors (Lipinski definition) is 1. The number of benzene rings is 1. The monoisotopic (exact) mass is 266 g/mol. The number of ether oxygens (including phenoxy) is 1. The number of amides is 1. The zero-order chi connectivity index (χ0) is 14.1. The number of nitrogens with zero attached hydrogens (tertiary/aromatic N) is 1. The standard InChI is InChI=1S/C13H18N2O4/c1-2-3-4-8-14-13(16)10-19-12-7-5-6-11(9-12)15(17)18/h5-7,9H,2-4,8,10H2,1H3,(H,14,16). The van der Waals surface area contributed by atoms with Crippen LogP contribution in [0.25, 0.3) is 0 Å². The van der Waals surface area contributed by atoms with Crippen molar-refractivity contribution in [2.24, 2.45) is 0 Å². The lowest BCUT2D eigenvalue weighted by atomic mass is 10.2. The van der Waals surface area contributed by atoms with Gasteiger partial charge in [0.15, 0.2) is 6.61 Å². The van der Waals surface area contributed by atoms with E-state index in [1.54, 1.807) is 6.07 Å². The molecule has 0 aliphatic heterocycles. The van der Waals surface area contributed by atoms with Crippen LogP contribution in [0.4, 0.5) is 5.69 Å². The molecule has 0 aliphatic carbocycles. The predicted octanol–water partition coefficient (Wildman–Crippen LogP) is 2.28. The van der Waals surface area contributed by atoms with E-state index in [0.29, 0.717) is 12.3 Å². The first-order valence-corrected chi connectivity index (χ1v) is 6.27. The second kappa shape index (κ2) is 8.07. The van der Waals surface area contributed by atoms with E-state index in [1.165, 1.54) is 18.2 Å². The molecule has 104 valence electrons. The molecule has 0 heterocycles. The third-order valence-electron chi connectivity index (χ3n) is 2.50. The topological polar surface area (TPSA) is 81.5 Å². The molecule has 0 unspecified atom stereocenters. The van der Waals surface area contributed by atoms with Crippen molar-refractivity contribution < 1.29 is 14.5 Å². The van der Waals surface area contributed by atoms with E-state index in [4.69, 9.17) is 4.74 Å². The van der Waals surface area contributed by atoms with Crippen molar-refractivity contribution in [2.45, 2.75) is 26.2 Å². The van der Waals surface area contributed by atoms with Crippen LogP contribution in [0.2, 0.25) is 0 Å². The van der Waals surface area contributed by atoms with Crippen LogP contribution < -0.4 is 10.1 Å². The lowest BCUT2D eigenvalue weighted by molar-refractivity contribution is -0.384. The van der Waals surface area contributed by atoms with Crippen LogP contribution in [0, 0.1) is 10.1 Å². The van der Waals surface area contributed by atoms with Crippen molar-refractivity contribution in [3.8, 4) is 5.75 Å². The Kier molecular flexibility index (Phi) is 6.35. The molecule has 1 N–H and O–H groups in total. The lowest BCUT2D eigenvalue weighted by Gasteiger charge is -2.07. The maximum Gasteiger partial charge on any atom is 0.273 e. The molecule has 0 radical (unpaired) electrons. The first-order valence-electron chi connectivity index (χ1n) is 6.27. The van der Waals surface area contributed by atoms with Gasteiger partial charge >= 0.3 is 0 Å². The number of carbonyl (C=O) groups is 1. The molecule has 0 aliphatic rings. The second-order valence-corrected chi connectivity index (χ2v) is 4.10. The summed E-state index contributed by atoms with van der Waals surface area (Å²) in [4.78, 5) is 21.5. The fourth-order valence-corrected chi connectivity index (χ4v) is 1.49. The van der Waals surface area contributed by atoms with Gasteiger partial charge in [-0.3, -0.25) is 14.9 Å². The van der Waals surface area contributed by atoms with Gasteiger partial charge in [-0.15, -0.1) is 0 Å². The summed E-state index contributed by atoms with van der Waals surface area (Å²) in [6.07, 6.45) is 3.12. The second-order valence-electron chi connectivity index (χ2n) is 4.10. The Morgan fingerprint density at radius 3 is 2.89 bits per heavy atom. The number of rotatable bonds is 8. The molecule has 0 bridgehead atoms. The first kappa shape index (κ1) is 14.9. The molecular weight excluding hydrogens is 248 g/mol. The maximum atomic E-state index is 11.4. The number of nitro groups is 1. The van der Waals surface area contributed by atoms with Crippen LogP contribution in [0.5, 0.6) is 5.75 Å². The van der Waals surface area contributed by atoms with E-state index < -0.39 is 4.92 Å². The van der Waals surface area contributed by atoms with Crippen molar-refractivity contribution >= 4 is 11.6 Å². The van der Waals surface area contributed by atoms with Crippen LogP contribution >= 0.6 is 0 Å². The van der Waals surface area contributed by atoms with Crippen molar-refractivity contribution in [2.75, 3.05) is 13.2 Å². The third kappa shape index (κ3) is 5.85. The number of hydrogen-bond acceptors (Lipinski definition) is 4. The Balaban J connectivity index is 2.33. The van der Waals surface area contributed by atoms with Gasteiger partial charge < -0.3 is 10.1 Å². The maximum absolute atomic E-state index is 11.4. The third-order valence-corrected chi connectivity index (χ3v) is 2.50. The number of nitro benzene ring substituents is 1. The van der Waals surface area contributed by atoms with E-state index in [2.05, 4.69) is 12.2 Å². The molecule has 0 aromatic heterocycles. The SMILES string of the molecule is CCCCCNC(=O)COc1cccc([N+](=O)[O-])c1. The minimum Gasteiger partial charge on any atom is -0.484 e. The van der Waals surface area contributed by atoms with Crippen LogP contribution in [0.15, 0.2) is 24.3 Å². The molecule has 1 amide bonds. The predicted molar refractivity (Wildman–Crippen MR) is 71.1 cm³/mol. The summed E-state index contributed by atoms with van der Waals surface area (Å²) in [5.41, 5.74) is -0.0548. The highest BCUT2D eigenvalue weighted by molar-refractivity contribution is 5.77. The van der Waals surface area contributed by atoms with Gasteiger partial charge in [-0.05, 0) is 12.5 Å². The average Bonchev–Trinajstić information content (AvgIpc) is 2.41. The molecule has 19 heavy (non-hydrogen) atoms. The van der Waals surface area contributed by atoms with Gasteiger partial charge in [-0.1, -0.05) is 25.8 Å². The Morgan fingerprint density at radius 1 is 1.42 bits per heavy atom. The van der Waals surface area contributed by atoms with Crippen molar-refractivity contribution in [3.05, 3.63) is 34.4 Å². The molecule has 0 spiro atoms. The van der Waals surface area contributed by atoms with Gasteiger partial charge in [0, 0.05) is 12.6 Å². The Hall–Kier alpha value is -2.11. The van der Waals surface area contributed by atoms with Gasteiger partial charge in [0.05, 0.1) is 11.0 Å². The van der Waals surface area contributed by atoms with Gasteiger partial charge in [0.25, 0.3) is 11.6 Å². The van der Waals surface area contributed by atoms with Crippen molar-refractivity contribution in [1.82, 2.24) is 5.32 Å². The molecule has 6 heteroatoms. The van der Waals surface area contributed by atoms with Gasteiger partial charge in [0.1, 0.15) is 5.75 Å². The van der Waals surface area contributed by atoms with Crippen molar-refractivity contribution in [3.63, 3.8) is 0 Å². The summed E-state index contributed by atoms with van der Waals surface area (Å²) in [5, 5.41) is 13.3. The summed E-state index contributed by atoms with van der Waals surface area (Å²) in [6.45, 7) is 2.59. The fraction of sp³-hybridized carbons (Fsp3) is 0.462. The molecule has 0 fully saturated rings. The molecule has 1 aromatic rings. The minimum absolute atomic E-state index is 0.0548. The van der Waals surface area contributed by atoms with Crippen molar-refractivity contribution in [1.29, 1.82) is 0 Å². The highest BCUT2D eigenvalue weighted by Crippen LogP contribution is 2.18. The number of non-ortho nitro benzene ring substituents is 1. The average molecular weight is 266 g/mol. The van der Waals surface area contributed by atoms with Gasteiger partial charge in [-0.25, -0.2) is 0 Å². The lowest BCUT2D eigenvalue weighted by Crippen LogP contribution is -2.29. The largest absolute Gasteiger partial charge is 0.484 e. The van der Waals surface area contributed by atoms with Crippen LogP contribution in [-0.4, -0.2) is 24.0 Å². The Labute approximate surface area is 111 Å². The molecule has 0 saturated carbocycles. The zero-order valence-electron chi connectivity index (χ0n) is 10.9. The summed E-state index contributed by atoms with van der Waals surface area (Å²) < 4.78 is 5.20. The van der Waals surface area contributed by atoms with E-state index >= 15 is 0 Å². The van der Waals surface area contributed by atoms with E-state index in [1.807, 2.05) is 0 Å². The quantitative estimate of drug-likeness (QED) is 0.444. The zero-order valence-corrected chi connectivity index (χ0v) is 10.9. The van der Waals surface area contributed by atoms with E-state index in [-0.39, 0.29) is 18.2 Å². The molecule has 0 atom stereocenters. The summed E-state index contributed by atoms with van der Waals surface area (Å²) in [5.74, 6) is 0.0977. The smallest absolute Gasteiger partial charge is 0.273 e. The van der Waals surface area contributed by atoms with Crippen LogP contribution in [0.3, 0.4) is 0 Å². The molecule has 1 aromatic carbocycles. The van der Waals surface area contributed by atoms with Gasteiger partial charge in [0.2, 0.25) is 0 Å². The molecular formula is C13H18N2O4. The molecule has 6 nitrogen and oxygen atoms in total. The fourth-order valence-electron chi connectivity index (χ4n) is 1.49. The van der Waals surface area contributed by atoms with E-state index in [0.717, 1.165) is 19.3 Å². The summed E-state index contributed by atoms with van der Waals surface area (Å²) >= 11 is 0. The number of carbonyl (C=O) groups excluding carboxylic acids is 1. The normalized spacial score (nSPS) is 9.95. The summed E-state index contributed by atoms with van der Waals surface area (Å²) in [7, 11) is 0. The highest BCUT2D eigenvalue weighted by atomic mass is 16.6. The Bertz CT molecular complexity index is 434. The van der Waals surface area contributed by atoms with E-state index in [9.17, 15) is 14.9 Å². The first-order chi connectivity index (χ1) is 9.13. The summed E-state index contributed by atoms with van der Waals surface area (Å²) in [6, 6.07) is 5.77. The van der Waals surface area contributed by atoms with Crippen LogP contribution in [0.1, 0.15) is 26.2 Å². The molecule has 0 saturated heterocycles. The minimum atomic E-state index is -0.502.